The third-order valence-electron chi connectivity index (χ3n) is 3.00. The van der Waals surface area contributed by atoms with Crippen LogP contribution < -0.4 is 5.32 Å². The number of hydrogen-bond acceptors (Lipinski definition) is 2. The van der Waals surface area contributed by atoms with Crippen LogP contribution >= 0.6 is 22.6 Å². The summed E-state index contributed by atoms with van der Waals surface area (Å²) < 4.78 is 14.1. The zero-order chi connectivity index (χ0) is 15.4. The summed E-state index contributed by atoms with van der Waals surface area (Å²) in [7, 11) is 0. The largest absolute Gasteiger partial charge is 0.321 e. The molecular formula is C16H16FIN2O. The summed E-state index contributed by atoms with van der Waals surface area (Å²) >= 11 is 2.20. The maximum absolute atomic E-state index is 13.0. The van der Waals surface area contributed by atoms with Crippen LogP contribution in [0.4, 0.5) is 10.1 Å². The van der Waals surface area contributed by atoms with E-state index in [1.165, 1.54) is 6.92 Å². The second kappa shape index (κ2) is 6.98. The van der Waals surface area contributed by atoms with Gasteiger partial charge in [0.15, 0.2) is 0 Å². The van der Waals surface area contributed by atoms with Gasteiger partial charge in [0.1, 0.15) is 6.17 Å². The molecule has 110 valence electrons. The van der Waals surface area contributed by atoms with Gasteiger partial charge in [0, 0.05) is 21.8 Å². The first-order valence-electron chi connectivity index (χ1n) is 6.61. The molecule has 3 nitrogen and oxygen atoms in total. The van der Waals surface area contributed by atoms with Gasteiger partial charge >= 0.3 is 0 Å². The highest BCUT2D eigenvalue weighted by atomic mass is 127. The van der Waals surface area contributed by atoms with E-state index in [1.54, 1.807) is 24.5 Å². The predicted molar refractivity (Wildman–Crippen MR) is 90.4 cm³/mol. The Morgan fingerprint density at radius 2 is 2.14 bits per heavy atom. The van der Waals surface area contributed by atoms with E-state index in [0.717, 1.165) is 14.7 Å². The highest BCUT2D eigenvalue weighted by Crippen LogP contribution is 2.16. The number of halogens is 2. The quantitative estimate of drug-likeness (QED) is 0.787. The summed E-state index contributed by atoms with van der Waals surface area (Å²) in [6.45, 7) is 3.49. The van der Waals surface area contributed by atoms with Crippen LogP contribution in [0.5, 0.6) is 0 Å². The van der Waals surface area contributed by atoms with Crippen LogP contribution in [0.15, 0.2) is 36.7 Å². The molecule has 21 heavy (non-hydrogen) atoms. The summed E-state index contributed by atoms with van der Waals surface area (Å²) in [6, 6.07) is 7.29. The Kier molecular flexibility index (Phi) is 5.27. The minimum absolute atomic E-state index is 0.194. The van der Waals surface area contributed by atoms with E-state index in [9.17, 15) is 9.18 Å². The molecule has 1 aromatic heterocycles. The molecule has 1 atom stereocenters. The molecule has 0 spiro atoms. The maximum Gasteiger partial charge on any atom is 0.255 e. The number of nitrogens with zero attached hydrogens (tertiary/aromatic N) is 1. The number of carbonyl (C=O) groups excluding carboxylic acids is 1. The molecule has 0 saturated heterocycles. The zero-order valence-corrected chi connectivity index (χ0v) is 14.0. The third kappa shape index (κ3) is 4.49. The monoisotopic (exact) mass is 398 g/mol. The van der Waals surface area contributed by atoms with E-state index in [4.69, 9.17) is 0 Å². The van der Waals surface area contributed by atoms with Crippen LogP contribution in [-0.4, -0.2) is 17.1 Å². The highest BCUT2D eigenvalue weighted by Gasteiger charge is 2.09. The molecular weight excluding hydrogens is 382 g/mol. The number of aromatic nitrogens is 1. The topological polar surface area (TPSA) is 42.0 Å². The number of benzene rings is 1. The van der Waals surface area contributed by atoms with Gasteiger partial charge in [0.05, 0.1) is 11.9 Å². The third-order valence-corrected chi connectivity index (χ3v) is 4.17. The lowest BCUT2D eigenvalue weighted by Crippen LogP contribution is -2.13. The van der Waals surface area contributed by atoms with Crippen molar-refractivity contribution in [2.75, 3.05) is 5.32 Å². The van der Waals surface area contributed by atoms with E-state index in [0.29, 0.717) is 17.7 Å². The van der Waals surface area contributed by atoms with E-state index in [2.05, 4.69) is 32.9 Å². The molecule has 0 saturated carbocycles. The lowest BCUT2D eigenvalue weighted by molar-refractivity contribution is 0.102. The molecule has 5 heteroatoms. The van der Waals surface area contributed by atoms with Gasteiger partial charge in [-0.25, -0.2) is 4.39 Å². The Hall–Kier alpha value is -1.50. The summed E-state index contributed by atoms with van der Waals surface area (Å²) in [5, 5.41) is 2.79. The molecule has 1 N–H and O–H groups in total. The summed E-state index contributed by atoms with van der Waals surface area (Å²) in [6.07, 6.45) is 2.53. The molecule has 0 aliphatic rings. The molecule has 1 aromatic carbocycles. The number of anilines is 1. The SMILES string of the molecule is Cc1ccc(C(=O)Nc2cncc(CC(C)F)c2)cc1I. The first-order valence-corrected chi connectivity index (χ1v) is 7.69. The second-order valence-electron chi connectivity index (χ2n) is 4.98. The van der Waals surface area contributed by atoms with Gasteiger partial charge in [0.25, 0.3) is 5.91 Å². The molecule has 0 aliphatic carbocycles. The van der Waals surface area contributed by atoms with Gasteiger partial charge in [-0.2, -0.15) is 0 Å². The Morgan fingerprint density at radius 1 is 1.38 bits per heavy atom. The van der Waals surface area contributed by atoms with Gasteiger partial charge in [-0.1, -0.05) is 6.07 Å². The first kappa shape index (κ1) is 15.9. The Labute approximate surface area is 137 Å². The number of alkyl halides is 1. The van der Waals surface area contributed by atoms with E-state index < -0.39 is 6.17 Å². The van der Waals surface area contributed by atoms with Crippen molar-refractivity contribution in [1.82, 2.24) is 4.98 Å². The molecule has 0 bridgehead atoms. The van der Waals surface area contributed by atoms with Crippen molar-refractivity contribution in [3.05, 3.63) is 56.9 Å². The van der Waals surface area contributed by atoms with Crippen LogP contribution in [0.1, 0.15) is 28.4 Å². The molecule has 1 amide bonds. The van der Waals surface area contributed by atoms with Crippen LogP contribution in [0, 0.1) is 10.5 Å². The van der Waals surface area contributed by atoms with Crippen molar-refractivity contribution in [2.45, 2.75) is 26.4 Å². The van der Waals surface area contributed by atoms with Crippen molar-refractivity contribution in [3.63, 3.8) is 0 Å². The Morgan fingerprint density at radius 3 is 2.81 bits per heavy atom. The summed E-state index contributed by atoms with van der Waals surface area (Å²) in [5.41, 5.74) is 3.07. The molecule has 2 aromatic rings. The minimum Gasteiger partial charge on any atom is -0.321 e. The fraction of sp³-hybridized carbons (Fsp3) is 0.250. The van der Waals surface area contributed by atoms with Gasteiger partial charge in [0.2, 0.25) is 0 Å². The zero-order valence-electron chi connectivity index (χ0n) is 11.9. The van der Waals surface area contributed by atoms with Gasteiger partial charge in [-0.05, 0) is 65.8 Å². The van der Waals surface area contributed by atoms with Gasteiger partial charge in [-0.3, -0.25) is 9.78 Å². The fourth-order valence-electron chi connectivity index (χ4n) is 1.93. The lowest BCUT2D eigenvalue weighted by Gasteiger charge is -2.08. The molecule has 0 aliphatic heterocycles. The number of aryl methyl sites for hydroxylation is 1. The minimum atomic E-state index is -0.934. The molecule has 1 heterocycles. The van der Waals surface area contributed by atoms with Crippen LogP contribution in [-0.2, 0) is 6.42 Å². The molecule has 2 rings (SSSR count). The second-order valence-corrected chi connectivity index (χ2v) is 6.15. The van der Waals surface area contributed by atoms with Crippen molar-refractivity contribution >= 4 is 34.2 Å². The summed E-state index contributed by atoms with van der Waals surface area (Å²) in [4.78, 5) is 16.2. The number of nitrogens with one attached hydrogen (secondary N) is 1. The fourth-order valence-corrected chi connectivity index (χ4v) is 2.45. The van der Waals surface area contributed by atoms with Crippen LogP contribution in [0.2, 0.25) is 0 Å². The molecule has 0 fully saturated rings. The number of amides is 1. The number of hydrogen-bond donors (Lipinski definition) is 1. The smallest absolute Gasteiger partial charge is 0.255 e. The van der Waals surface area contributed by atoms with Crippen molar-refractivity contribution in [2.24, 2.45) is 0 Å². The highest BCUT2D eigenvalue weighted by molar-refractivity contribution is 14.1. The summed E-state index contributed by atoms with van der Waals surface area (Å²) in [5.74, 6) is -0.194. The Bertz CT molecular complexity index is 658. The number of pyridine rings is 1. The lowest BCUT2D eigenvalue weighted by atomic mass is 10.1. The van der Waals surface area contributed by atoms with Crippen molar-refractivity contribution in [1.29, 1.82) is 0 Å². The van der Waals surface area contributed by atoms with Crippen molar-refractivity contribution in [3.8, 4) is 0 Å². The van der Waals surface area contributed by atoms with Crippen LogP contribution in [0.3, 0.4) is 0 Å². The first-order chi connectivity index (χ1) is 9.95. The van der Waals surface area contributed by atoms with Gasteiger partial charge < -0.3 is 5.32 Å². The maximum atomic E-state index is 13.0. The average Bonchev–Trinajstić information content (AvgIpc) is 2.41. The number of rotatable bonds is 4. The van der Waals surface area contributed by atoms with E-state index >= 15 is 0 Å². The standard InChI is InChI=1S/C16H16FIN2O/c1-10-3-4-13(7-15(10)18)16(21)20-14-6-12(5-11(2)17)8-19-9-14/h3-4,6-9,11H,5H2,1-2H3,(H,20,21). The average molecular weight is 398 g/mol. The van der Waals surface area contributed by atoms with E-state index in [1.807, 2.05) is 19.1 Å². The molecule has 1 unspecified atom stereocenters. The predicted octanol–water partition coefficient (Wildman–Crippen LogP) is 4.15. The van der Waals surface area contributed by atoms with Crippen molar-refractivity contribution < 1.29 is 9.18 Å². The molecule has 0 radical (unpaired) electrons. The van der Waals surface area contributed by atoms with E-state index in [-0.39, 0.29) is 5.91 Å². The number of carbonyl (C=O) groups is 1. The Balaban J connectivity index is 2.13. The van der Waals surface area contributed by atoms with Gasteiger partial charge in [-0.15, -0.1) is 0 Å². The van der Waals surface area contributed by atoms with Crippen LogP contribution in [0.25, 0.3) is 0 Å². The normalized spacial score (nSPS) is 12.0.